The summed E-state index contributed by atoms with van der Waals surface area (Å²) in [4.78, 5) is 31.6. The molecule has 3 rings (SSSR count). The Morgan fingerprint density at radius 3 is 2.43 bits per heavy atom. The first-order valence-electron chi connectivity index (χ1n) is 9.01. The number of benzene rings is 1. The van der Waals surface area contributed by atoms with Crippen molar-refractivity contribution in [1.29, 1.82) is 0 Å². The summed E-state index contributed by atoms with van der Waals surface area (Å²) in [6.07, 6.45) is -4.52. The molecule has 0 radical (unpaired) electrons. The third-order valence-electron chi connectivity index (χ3n) is 4.63. The fourth-order valence-electron chi connectivity index (χ4n) is 3.13. The van der Waals surface area contributed by atoms with Crippen LogP contribution in [0.15, 0.2) is 30.3 Å². The van der Waals surface area contributed by atoms with Gasteiger partial charge < -0.3 is 11.1 Å². The standard InChI is InChI=1S/C19H19F3N6O2/c1-10-13(11(2)28-18(24-10)26-17(27-28)19(20,21)22)8-9-14(29)25-15(16(23)30)12-6-4-3-5-7-12/h3-7,15H,8-9H2,1-2H3,(H2,23,30)(H,25,29). The molecule has 0 fully saturated rings. The highest BCUT2D eigenvalue weighted by atomic mass is 19.4. The van der Waals surface area contributed by atoms with Gasteiger partial charge in [0.05, 0.1) is 0 Å². The van der Waals surface area contributed by atoms with Crippen molar-refractivity contribution < 1.29 is 22.8 Å². The average Bonchev–Trinajstić information content (AvgIpc) is 3.11. The molecule has 0 aliphatic heterocycles. The van der Waals surface area contributed by atoms with E-state index in [0.717, 1.165) is 4.52 Å². The van der Waals surface area contributed by atoms with E-state index in [-0.39, 0.29) is 18.6 Å². The van der Waals surface area contributed by atoms with Gasteiger partial charge in [-0.05, 0) is 31.4 Å². The van der Waals surface area contributed by atoms with Gasteiger partial charge in [0.1, 0.15) is 6.04 Å². The molecule has 2 amide bonds. The second-order valence-corrected chi connectivity index (χ2v) is 6.72. The lowest BCUT2D eigenvalue weighted by molar-refractivity contribution is -0.144. The van der Waals surface area contributed by atoms with Crippen LogP contribution in [0.1, 0.15) is 40.8 Å². The molecule has 0 aliphatic carbocycles. The molecule has 1 aromatic carbocycles. The van der Waals surface area contributed by atoms with E-state index in [9.17, 15) is 22.8 Å². The van der Waals surface area contributed by atoms with Gasteiger partial charge in [-0.3, -0.25) is 9.59 Å². The lowest BCUT2D eigenvalue weighted by atomic mass is 10.0. The van der Waals surface area contributed by atoms with Gasteiger partial charge in [-0.1, -0.05) is 30.3 Å². The van der Waals surface area contributed by atoms with Gasteiger partial charge in [-0.2, -0.15) is 18.2 Å². The maximum Gasteiger partial charge on any atom is 0.453 e. The number of halogens is 3. The number of aryl methyl sites for hydroxylation is 2. The number of rotatable bonds is 6. The Hall–Kier alpha value is -3.50. The number of carbonyl (C=O) groups excluding carboxylic acids is 2. The molecule has 2 heterocycles. The Morgan fingerprint density at radius 1 is 1.17 bits per heavy atom. The molecule has 3 aromatic rings. The number of primary amides is 1. The smallest absolute Gasteiger partial charge is 0.368 e. The maximum atomic E-state index is 12.9. The molecule has 2 aromatic heterocycles. The van der Waals surface area contributed by atoms with E-state index in [1.807, 2.05) is 0 Å². The average molecular weight is 420 g/mol. The first kappa shape index (κ1) is 21.2. The highest BCUT2D eigenvalue weighted by Crippen LogP contribution is 2.27. The molecule has 11 heteroatoms. The van der Waals surface area contributed by atoms with E-state index < -0.39 is 29.9 Å². The highest BCUT2D eigenvalue weighted by Gasteiger charge is 2.37. The van der Waals surface area contributed by atoms with E-state index in [4.69, 9.17) is 5.73 Å². The molecule has 8 nitrogen and oxygen atoms in total. The molecular formula is C19H19F3N6O2. The Morgan fingerprint density at radius 2 is 1.83 bits per heavy atom. The van der Waals surface area contributed by atoms with E-state index >= 15 is 0 Å². The van der Waals surface area contributed by atoms with Crippen LogP contribution in [0.5, 0.6) is 0 Å². The van der Waals surface area contributed by atoms with Gasteiger partial charge in [0.25, 0.3) is 11.6 Å². The first-order chi connectivity index (χ1) is 14.1. The number of aromatic nitrogens is 4. The van der Waals surface area contributed by atoms with E-state index in [0.29, 0.717) is 22.5 Å². The predicted octanol–water partition coefficient (Wildman–Crippen LogP) is 2.04. The number of hydrogen-bond donors (Lipinski definition) is 2. The van der Waals surface area contributed by atoms with Crippen molar-refractivity contribution in [2.75, 3.05) is 0 Å². The summed E-state index contributed by atoms with van der Waals surface area (Å²) >= 11 is 0. The summed E-state index contributed by atoms with van der Waals surface area (Å²) in [6, 6.07) is 7.57. The van der Waals surface area contributed by atoms with Gasteiger partial charge in [-0.15, -0.1) is 5.10 Å². The van der Waals surface area contributed by atoms with Crippen molar-refractivity contribution in [2.45, 2.75) is 38.9 Å². The zero-order valence-electron chi connectivity index (χ0n) is 16.2. The number of amides is 2. The second kappa shape index (κ2) is 8.09. The molecular weight excluding hydrogens is 401 g/mol. The monoisotopic (exact) mass is 420 g/mol. The van der Waals surface area contributed by atoms with Gasteiger partial charge >= 0.3 is 6.18 Å². The topological polar surface area (TPSA) is 115 Å². The van der Waals surface area contributed by atoms with Gasteiger partial charge in [0.15, 0.2) is 0 Å². The van der Waals surface area contributed by atoms with Crippen molar-refractivity contribution in [3.63, 3.8) is 0 Å². The Balaban J connectivity index is 1.77. The lowest BCUT2D eigenvalue weighted by Gasteiger charge is -2.16. The number of hydrogen-bond acceptors (Lipinski definition) is 5. The van der Waals surface area contributed by atoms with Crippen LogP contribution >= 0.6 is 0 Å². The molecule has 30 heavy (non-hydrogen) atoms. The lowest BCUT2D eigenvalue weighted by Crippen LogP contribution is -2.37. The van der Waals surface area contributed by atoms with Crippen molar-refractivity contribution >= 4 is 17.6 Å². The molecule has 1 atom stereocenters. The first-order valence-corrected chi connectivity index (χ1v) is 9.01. The Bertz CT molecular complexity index is 1100. The Kier molecular flexibility index (Phi) is 5.72. The fraction of sp³-hybridized carbons (Fsp3) is 0.316. The SMILES string of the molecule is Cc1nc2nc(C(F)(F)F)nn2c(C)c1CCC(=O)NC(C(N)=O)c1ccccc1. The summed E-state index contributed by atoms with van der Waals surface area (Å²) in [7, 11) is 0. The minimum atomic E-state index is -4.69. The van der Waals surface area contributed by atoms with Crippen LogP contribution in [0.3, 0.4) is 0 Å². The molecule has 0 saturated heterocycles. The van der Waals surface area contributed by atoms with E-state index in [2.05, 4.69) is 20.4 Å². The number of fused-ring (bicyclic) bond motifs is 1. The van der Waals surface area contributed by atoms with Gasteiger partial charge in [0, 0.05) is 17.8 Å². The van der Waals surface area contributed by atoms with Gasteiger partial charge in [-0.25, -0.2) is 9.50 Å². The van der Waals surface area contributed by atoms with Crippen molar-refractivity contribution in [3.05, 3.63) is 58.7 Å². The predicted molar refractivity (Wildman–Crippen MR) is 100 cm³/mol. The number of nitrogens with two attached hydrogens (primary N) is 1. The van der Waals surface area contributed by atoms with Crippen LogP contribution in [-0.4, -0.2) is 31.4 Å². The number of alkyl halides is 3. The summed E-state index contributed by atoms with van der Waals surface area (Å²) in [5.41, 5.74) is 7.38. The third kappa shape index (κ3) is 4.39. The molecule has 3 N–H and O–H groups in total. The highest BCUT2D eigenvalue weighted by molar-refractivity contribution is 5.87. The summed E-state index contributed by atoms with van der Waals surface area (Å²) in [6.45, 7) is 3.21. The third-order valence-corrected chi connectivity index (χ3v) is 4.63. The normalized spacial score (nSPS) is 12.7. The zero-order valence-corrected chi connectivity index (χ0v) is 16.2. The second-order valence-electron chi connectivity index (χ2n) is 6.72. The zero-order chi connectivity index (χ0) is 22.1. The summed E-state index contributed by atoms with van der Waals surface area (Å²) in [5, 5.41) is 6.07. The van der Waals surface area contributed by atoms with Crippen LogP contribution in [-0.2, 0) is 22.2 Å². The van der Waals surface area contributed by atoms with Crippen LogP contribution < -0.4 is 11.1 Å². The van der Waals surface area contributed by atoms with Crippen LogP contribution in [0.25, 0.3) is 5.78 Å². The van der Waals surface area contributed by atoms with Crippen LogP contribution in [0, 0.1) is 13.8 Å². The molecule has 0 spiro atoms. The largest absolute Gasteiger partial charge is 0.453 e. The molecule has 0 aliphatic rings. The molecule has 1 unspecified atom stereocenters. The number of nitrogens with zero attached hydrogens (tertiary/aromatic N) is 4. The fourth-order valence-corrected chi connectivity index (χ4v) is 3.13. The van der Waals surface area contributed by atoms with E-state index in [1.54, 1.807) is 44.2 Å². The molecule has 158 valence electrons. The number of carbonyl (C=O) groups is 2. The van der Waals surface area contributed by atoms with Crippen molar-refractivity contribution in [3.8, 4) is 0 Å². The number of nitrogens with one attached hydrogen (secondary N) is 1. The quantitative estimate of drug-likeness (QED) is 0.633. The van der Waals surface area contributed by atoms with Gasteiger partial charge in [0.2, 0.25) is 11.8 Å². The van der Waals surface area contributed by atoms with E-state index in [1.165, 1.54) is 0 Å². The van der Waals surface area contributed by atoms with Crippen LogP contribution in [0.4, 0.5) is 13.2 Å². The Labute approximate surface area is 169 Å². The summed E-state index contributed by atoms with van der Waals surface area (Å²) in [5.74, 6) is -2.58. The van der Waals surface area contributed by atoms with Crippen molar-refractivity contribution in [1.82, 2.24) is 24.9 Å². The van der Waals surface area contributed by atoms with Crippen molar-refractivity contribution in [2.24, 2.45) is 5.73 Å². The summed E-state index contributed by atoms with van der Waals surface area (Å²) < 4.78 is 39.7. The molecule has 0 bridgehead atoms. The minimum absolute atomic E-state index is 0.0215. The minimum Gasteiger partial charge on any atom is -0.368 e. The molecule has 0 saturated carbocycles. The maximum absolute atomic E-state index is 12.9. The van der Waals surface area contributed by atoms with Crippen LogP contribution in [0.2, 0.25) is 0 Å².